The molecule has 1 aromatic carbocycles. The van der Waals surface area contributed by atoms with Crippen LogP contribution in [0.3, 0.4) is 0 Å². The molecule has 0 radical (unpaired) electrons. The van der Waals surface area contributed by atoms with E-state index in [0.717, 1.165) is 3.57 Å². The van der Waals surface area contributed by atoms with Gasteiger partial charge < -0.3 is 10.4 Å². The highest BCUT2D eigenvalue weighted by molar-refractivity contribution is 14.1. The van der Waals surface area contributed by atoms with Crippen molar-refractivity contribution in [2.45, 2.75) is 25.8 Å². The molecule has 2 N–H and O–H groups in total. The highest BCUT2D eigenvalue weighted by Crippen LogP contribution is 2.11. The third kappa shape index (κ3) is 4.72. The normalized spacial score (nSPS) is 11.9. The van der Waals surface area contributed by atoms with Gasteiger partial charge in [0.2, 0.25) is 0 Å². The van der Waals surface area contributed by atoms with Crippen molar-refractivity contribution in [2.24, 2.45) is 0 Å². The summed E-state index contributed by atoms with van der Waals surface area (Å²) >= 11 is 2.10. The van der Waals surface area contributed by atoms with Crippen molar-refractivity contribution >= 4 is 34.5 Å². The molecule has 1 rings (SSSR count). The van der Waals surface area contributed by atoms with Crippen LogP contribution >= 0.6 is 22.6 Å². The predicted molar refractivity (Wildman–Crippen MR) is 73.0 cm³/mol. The second-order valence-corrected chi connectivity index (χ2v) is 4.95. The van der Waals surface area contributed by atoms with Gasteiger partial charge in [-0.25, -0.2) is 0 Å². The van der Waals surface area contributed by atoms with Crippen molar-refractivity contribution in [1.29, 1.82) is 0 Å². The number of carbonyl (C=O) groups is 2. The Bertz CT molecular complexity index is 420. The molecule has 17 heavy (non-hydrogen) atoms. The standard InChI is InChI=1S/C12H14INO3/c1-8(6-7-11(15)16)14-12(17)9-4-2-3-5-10(9)13/h2-5,8H,6-7H2,1H3,(H,14,17)(H,15,16). The van der Waals surface area contributed by atoms with Crippen LogP contribution in [0.2, 0.25) is 0 Å². The van der Waals surface area contributed by atoms with Gasteiger partial charge in [-0.15, -0.1) is 0 Å². The lowest BCUT2D eigenvalue weighted by molar-refractivity contribution is -0.137. The summed E-state index contributed by atoms with van der Waals surface area (Å²) < 4.78 is 0.882. The molecule has 0 aliphatic carbocycles. The summed E-state index contributed by atoms with van der Waals surface area (Å²) in [6.07, 6.45) is 0.498. The van der Waals surface area contributed by atoms with Gasteiger partial charge in [-0.05, 0) is 48.1 Å². The maximum absolute atomic E-state index is 11.9. The number of amides is 1. The molecule has 1 aromatic rings. The van der Waals surface area contributed by atoms with Crippen molar-refractivity contribution in [2.75, 3.05) is 0 Å². The zero-order valence-corrected chi connectivity index (χ0v) is 11.6. The zero-order valence-electron chi connectivity index (χ0n) is 9.44. The van der Waals surface area contributed by atoms with Crippen molar-refractivity contribution in [3.05, 3.63) is 33.4 Å². The first-order chi connectivity index (χ1) is 8.00. The second-order valence-electron chi connectivity index (χ2n) is 3.79. The Morgan fingerprint density at radius 3 is 2.65 bits per heavy atom. The largest absolute Gasteiger partial charge is 0.481 e. The summed E-state index contributed by atoms with van der Waals surface area (Å²) in [5.74, 6) is -1.01. The van der Waals surface area contributed by atoms with Gasteiger partial charge in [-0.2, -0.15) is 0 Å². The molecule has 0 spiro atoms. The van der Waals surface area contributed by atoms with Gasteiger partial charge in [0.1, 0.15) is 0 Å². The molecule has 1 amide bonds. The summed E-state index contributed by atoms with van der Waals surface area (Å²) in [4.78, 5) is 22.3. The number of hydrogen-bond donors (Lipinski definition) is 2. The number of carbonyl (C=O) groups excluding carboxylic acids is 1. The highest BCUT2D eigenvalue weighted by Gasteiger charge is 2.12. The first-order valence-corrected chi connectivity index (χ1v) is 6.35. The molecule has 0 bridgehead atoms. The minimum Gasteiger partial charge on any atom is -0.481 e. The Balaban J connectivity index is 2.55. The molecule has 0 saturated carbocycles. The first kappa shape index (κ1) is 14.0. The number of rotatable bonds is 5. The Labute approximate surface area is 114 Å². The van der Waals surface area contributed by atoms with Gasteiger partial charge in [-0.3, -0.25) is 9.59 Å². The van der Waals surface area contributed by atoms with E-state index >= 15 is 0 Å². The van der Waals surface area contributed by atoms with Gasteiger partial charge in [0, 0.05) is 16.0 Å². The van der Waals surface area contributed by atoms with Crippen molar-refractivity contribution in [1.82, 2.24) is 5.32 Å². The predicted octanol–water partition coefficient (Wildman–Crippen LogP) is 2.27. The molecule has 1 atom stereocenters. The van der Waals surface area contributed by atoms with Crippen LogP contribution in [-0.2, 0) is 4.79 Å². The van der Waals surface area contributed by atoms with Crippen LogP contribution in [0.15, 0.2) is 24.3 Å². The molecule has 0 saturated heterocycles. The molecule has 5 heteroatoms. The van der Waals surface area contributed by atoms with Crippen LogP contribution in [0.4, 0.5) is 0 Å². The molecule has 4 nitrogen and oxygen atoms in total. The topological polar surface area (TPSA) is 66.4 Å². The van der Waals surface area contributed by atoms with E-state index in [1.165, 1.54) is 0 Å². The fraction of sp³-hybridized carbons (Fsp3) is 0.333. The molecular formula is C12H14INO3. The summed E-state index contributed by atoms with van der Waals surface area (Å²) in [6.45, 7) is 1.80. The lowest BCUT2D eigenvalue weighted by Crippen LogP contribution is -2.33. The molecule has 92 valence electrons. The molecule has 0 aliphatic rings. The third-order valence-corrected chi connectivity index (χ3v) is 3.23. The summed E-state index contributed by atoms with van der Waals surface area (Å²) in [6, 6.07) is 7.14. The number of benzene rings is 1. The van der Waals surface area contributed by atoms with Gasteiger partial charge in [0.25, 0.3) is 5.91 Å². The highest BCUT2D eigenvalue weighted by atomic mass is 127. The zero-order chi connectivity index (χ0) is 12.8. The Kier molecular flexibility index (Phi) is 5.40. The number of carboxylic acids is 1. The molecule has 0 heterocycles. The van der Waals surface area contributed by atoms with E-state index < -0.39 is 5.97 Å². The van der Waals surface area contributed by atoms with E-state index in [-0.39, 0.29) is 18.4 Å². The number of carboxylic acid groups (broad SMARTS) is 1. The minimum atomic E-state index is -0.847. The van der Waals surface area contributed by atoms with Crippen LogP contribution in [-0.4, -0.2) is 23.0 Å². The van der Waals surface area contributed by atoms with Crippen LogP contribution in [0.25, 0.3) is 0 Å². The summed E-state index contributed by atoms with van der Waals surface area (Å²) in [7, 11) is 0. The fourth-order valence-corrected chi connectivity index (χ4v) is 1.99. The van der Waals surface area contributed by atoms with E-state index in [2.05, 4.69) is 27.9 Å². The smallest absolute Gasteiger partial charge is 0.303 e. The van der Waals surface area contributed by atoms with Crippen LogP contribution < -0.4 is 5.32 Å². The molecule has 1 unspecified atom stereocenters. The average molecular weight is 347 g/mol. The Morgan fingerprint density at radius 1 is 1.41 bits per heavy atom. The molecule has 0 aliphatic heterocycles. The Hall–Kier alpha value is -1.11. The lowest BCUT2D eigenvalue weighted by atomic mass is 10.1. The SMILES string of the molecule is CC(CCC(=O)O)NC(=O)c1ccccc1I. The van der Waals surface area contributed by atoms with E-state index in [1.807, 2.05) is 12.1 Å². The second kappa shape index (κ2) is 6.58. The average Bonchev–Trinajstić information content (AvgIpc) is 2.26. The summed E-state index contributed by atoms with van der Waals surface area (Å²) in [5.41, 5.74) is 0.621. The van der Waals surface area contributed by atoms with Gasteiger partial charge in [-0.1, -0.05) is 12.1 Å². The Morgan fingerprint density at radius 2 is 2.06 bits per heavy atom. The number of hydrogen-bond acceptors (Lipinski definition) is 2. The van der Waals surface area contributed by atoms with Gasteiger partial charge >= 0.3 is 5.97 Å². The quantitative estimate of drug-likeness (QED) is 0.803. The van der Waals surface area contributed by atoms with Crippen molar-refractivity contribution in [3.8, 4) is 0 Å². The number of nitrogens with one attached hydrogen (secondary N) is 1. The number of halogens is 1. The maximum atomic E-state index is 11.9. The van der Waals surface area contributed by atoms with Crippen molar-refractivity contribution < 1.29 is 14.7 Å². The maximum Gasteiger partial charge on any atom is 0.303 e. The third-order valence-electron chi connectivity index (χ3n) is 2.29. The first-order valence-electron chi connectivity index (χ1n) is 5.28. The van der Waals surface area contributed by atoms with Crippen molar-refractivity contribution in [3.63, 3.8) is 0 Å². The molecular weight excluding hydrogens is 333 g/mol. The van der Waals surface area contributed by atoms with E-state index in [1.54, 1.807) is 19.1 Å². The van der Waals surface area contributed by atoms with E-state index in [9.17, 15) is 9.59 Å². The van der Waals surface area contributed by atoms with E-state index in [4.69, 9.17) is 5.11 Å². The number of aliphatic carboxylic acids is 1. The van der Waals surface area contributed by atoms with Gasteiger partial charge in [0.05, 0.1) is 5.56 Å². The van der Waals surface area contributed by atoms with Crippen LogP contribution in [0.1, 0.15) is 30.1 Å². The minimum absolute atomic E-state index is 0.0628. The van der Waals surface area contributed by atoms with Gasteiger partial charge in [0.15, 0.2) is 0 Å². The van der Waals surface area contributed by atoms with Crippen LogP contribution in [0, 0.1) is 3.57 Å². The van der Waals surface area contributed by atoms with E-state index in [0.29, 0.717) is 12.0 Å². The molecule has 0 fully saturated rings. The monoisotopic (exact) mass is 347 g/mol. The van der Waals surface area contributed by atoms with Crippen LogP contribution in [0.5, 0.6) is 0 Å². The molecule has 0 aromatic heterocycles. The lowest BCUT2D eigenvalue weighted by Gasteiger charge is -2.13. The summed E-state index contributed by atoms with van der Waals surface area (Å²) in [5, 5.41) is 11.3. The fourth-order valence-electron chi connectivity index (χ4n) is 1.36.